The molecule has 2 heterocycles. The van der Waals surface area contributed by atoms with Crippen LogP contribution in [0.1, 0.15) is 30.5 Å². The first-order valence-corrected chi connectivity index (χ1v) is 10.7. The normalized spacial score (nSPS) is 16.0. The number of oxazole rings is 1. The molecule has 0 saturated heterocycles. The summed E-state index contributed by atoms with van der Waals surface area (Å²) in [6.07, 6.45) is 2.97. The van der Waals surface area contributed by atoms with Crippen molar-refractivity contribution < 1.29 is 17.2 Å². The van der Waals surface area contributed by atoms with Gasteiger partial charge in [0.2, 0.25) is 10.0 Å². The molecule has 0 amide bonds. The molecule has 2 aromatic carbocycles. The molecule has 9 heteroatoms. The summed E-state index contributed by atoms with van der Waals surface area (Å²) in [5, 5.41) is 8.31. The average molecular weight is 417 g/mol. The highest BCUT2D eigenvalue weighted by molar-refractivity contribution is 7.89. The Balaban J connectivity index is 1.89. The lowest BCUT2D eigenvalue weighted by molar-refractivity contribution is 0.473. The fourth-order valence-electron chi connectivity index (χ4n) is 3.80. The number of rotatable bonds is 4. The zero-order chi connectivity index (χ0) is 20.8. The molecule has 29 heavy (non-hydrogen) atoms. The van der Waals surface area contributed by atoms with Gasteiger partial charge in [-0.2, -0.15) is 0 Å². The van der Waals surface area contributed by atoms with Crippen LogP contribution >= 0.6 is 0 Å². The molecule has 0 bridgehead atoms. The van der Waals surface area contributed by atoms with Crippen LogP contribution in [-0.2, 0) is 10.0 Å². The van der Waals surface area contributed by atoms with Crippen molar-refractivity contribution in [1.82, 2.24) is 9.88 Å². The van der Waals surface area contributed by atoms with E-state index >= 15 is 0 Å². The van der Waals surface area contributed by atoms with Crippen molar-refractivity contribution in [3.63, 3.8) is 0 Å². The number of nitrogens with one attached hydrogen (secondary N) is 1. The van der Waals surface area contributed by atoms with Gasteiger partial charge in [0.05, 0.1) is 11.6 Å². The maximum atomic E-state index is 14.7. The topological polar surface area (TPSA) is 107 Å². The van der Waals surface area contributed by atoms with Crippen molar-refractivity contribution in [3.05, 3.63) is 70.0 Å². The average Bonchev–Trinajstić information content (AvgIpc) is 3.04. The highest BCUT2D eigenvalue weighted by Gasteiger charge is 2.25. The second-order valence-corrected chi connectivity index (χ2v) is 8.49. The Kier molecular flexibility index (Phi) is 4.89. The SMILES string of the molecule is C[C@@H](c1ccccc1C1=CCNCC1)n1c(=O)oc2c(F)c(S(N)(=O)=O)ccc21. The smallest absolute Gasteiger partial charge is 0.404 e. The minimum absolute atomic E-state index is 0.168. The van der Waals surface area contributed by atoms with E-state index in [-0.39, 0.29) is 5.52 Å². The molecule has 7 nitrogen and oxygen atoms in total. The number of sulfonamides is 1. The maximum absolute atomic E-state index is 14.7. The lowest BCUT2D eigenvalue weighted by Crippen LogP contribution is -2.22. The van der Waals surface area contributed by atoms with Crippen molar-refractivity contribution in [2.75, 3.05) is 13.1 Å². The number of nitrogens with two attached hydrogens (primary N) is 1. The monoisotopic (exact) mass is 417 g/mol. The second-order valence-electron chi connectivity index (χ2n) is 6.96. The van der Waals surface area contributed by atoms with Crippen molar-refractivity contribution >= 4 is 26.7 Å². The fourth-order valence-corrected chi connectivity index (χ4v) is 4.40. The molecule has 1 aromatic heterocycles. The van der Waals surface area contributed by atoms with E-state index in [9.17, 15) is 17.6 Å². The Morgan fingerprint density at radius 3 is 2.69 bits per heavy atom. The highest BCUT2D eigenvalue weighted by Crippen LogP contribution is 2.32. The molecular formula is C20H20FN3O4S. The van der Waals surface area contributed by atoms with Gasteiger partial charge in [0, 0.05) is 6.54 Å². The molecule has 3 N–H and O–H groups in total. The molecule has 0 unspecified atom stereocenters. The first-order valence-electron chi connectivity index (χ1n) is 9.14. The number of benzene rings is 2. The number of nitrogens with zero attached hydrogens (tertiary/aromatic N) is 1. The standard InChI is InChI=1S/C20H20FN3O4S/c1-12(14-4-2-3-5-15(14)13-8-10-23-11-9-13)24-16-6-7-17(29(22,26)27)18(21)19(16)28-20(24)25/h2-8,12,23H,9-11H2,1H3,(H2,22,26,27)/t12-/m0/s1. The lowest BCUT2D eigenvalue weighted by atomic mass is 9.92. The molecule has 0 aliphatic carbocycles. The molecule has 1 aliphatic heterocycles. The summed E-state index contributed by atoms with van der Waals surface area (Å²) in [6, 6.07) is 9.65. The molecule has 0 radical (unpaired) electrons. The van der Waals surface area contributed by atoms with Crippen LogP contribution in [0.25, 0.3) is 16.7 Å². The fraction of sp³-hybridized carbons (Fsp3) is 0.250. The van der Waals surface area contributed by atoms with Gasteiger partial charge in [0.1, 0.15) is 4.90 Å². The van der Waals surface area contributed by atoms with Crippen LogP contribution in [-0.4, -0.2) is 26.1 Å². The first kappa shape index (κ1) is 19.6. The molecule has 1 atom stereocenters. The van der Waals surface area contributed by atoms with E-state index in [0.717, 1.165) is 36.7 Å². The second kappa shape index (κ2) is 7.25. The van der Waals surface area contributed by atoms with Gasteiger partial charge in [-0.3, -0.25) is 4.57 Å². The summed E-state index contributed by atoms with van der Waals surface area (Å²) in [4.78, 5) is 11.9. The van der Waals surface area contributed by atoms with Crippen molar-refractivity contribution in [3.8, 4) is 0 Å². The quantitative estimate of drug-likeness (QED) is 0.678. The van der Waals surface area contributed by atoms with Crippen molar-refractivity contribution in [2.24, 2.45) is 5.14 Å². The highest BCUT2D eigenvalue weighted by atomic mass is 32.2. The molecule has 152 valence electrons. The van der Waals surface area contributed by atoms with Crippen molar-refractivity contribution in [2.45, 2.75) is 24.3 Å². The lowest BCUT2D eigenvalue weighted by Gasteiger charge is -2.21. The number of aromatic nitrogens is 1. The van der Waals surface area contributed by atoms with E-state index in [0.29, 0.717) is 0 Å². The molecule has 1 aliphatic rings. The van der Waals surface area contributed by atoms with Crippen LogP contribution in [0, 0.1) is 5.82 Å². The summed E-state index contributed by atoms with van der Waals surface area (Å²) in [5.74, 6) is -1.94. The Labute approximate surface area is 166 Å². The molecule has 4 rings (SSSR count). The van der Waals surface area contributed by atoms with Crippen LogP contribution in [0.3, 0.4) is 0 Å². The van der Waals surface area contributed by atoms with E-state index in [2.05, 4.69) is 11.4 Å². The third-order valence-corrected chi connectivity index (χ3v) is 6.13. The molecule has 0 spiro atoms. The zero-order valence-corrected chi connectivity index (χ0v) is 16.5. The van der Waals surface area contributed by atoms with Gasteiger partial charge in [-0.05, 0) is 48.7 Å². The number of hydrogen-bond acceptors (Lipinski definition) is 5. The van der Waals surface area contributed by atoms with Crippen LogP contribution < -0.4 is 16.2 Å². The van der Waals surface area contributed by atoms with Crippen LogP contribution in [0.4, 0.5) is 4.39 Å². The summed E-state index contributed by atoms with van der Waals surface area (Å²) < 4.78 is 44.2. The van der Waals surface area contributed by atoms with Gasteiger partial charge in [0.15, 0.2) is 11.4 Å². The Morgan fingerprint density at radius 1 is 1.24 bits per heavy atom. The van der Waals surface area contributed by atoms with Gasteiger partial charge < -0.3 is 9.73 Å². The van der Waals surface area contributed by atoms with E-state index in [4.69, 9.17) is 9.56 Å². The first-order chi connectivity index (χ1) is 13.8. The summed E-state index contributed by atoms with van der Waals surface area (Å²) in [6.45, 7) is 3.46. The summed E-state index contributed by atoms with van der Waals surface area (Å²) in [5.41, 5.74) is 2.83. The van der Waals surface area contributed by atoms with E-state index in [1.165, 1.54) is 16.2 Å². The van der Waals surface area contributed by atoms with Gasteiger partial charge in [-0.25, -0.2) is 22.7 Å². The van der Waals surface area contributed by atoms with Crippen LogP contribution in [0.5, 0.6) is 0 Å². The maximum Gasteiger partial charge on any atom is 0.420 e. The molecule has 3 aromatic rings. The van der Waals surface area contributed by atoms with E-state index < -0.39 is 38.1 Å². The van der Waals surface area contributed by atoms with Gasteiger partial charge in [-0.1, -0.05) is 30.3 Å². The summed E-state index contributed by atoms with van der Waals surface area (Å²) >= 11 is 0. The van der Waals surface area contributed by atoms with E-state index in [1.807, 2.05) is 31.2 Å². The Hall–Kier alpha value is -2.75. The summed E-state index contributed by atoms with van der Waals surface area (Å²) in [7, 11) is -4.28. The van der Waals surface area contributed by atoms with E-state index in [1.54, 1.807) is 0 Å². The number of fused-ring (bicyclic) bond motifs is 1. The zero-order valence-electron chi connectivity index (χ0n) is 15.7. The Bertz CT molecular complexity index is 1290. The third-order valence-electron chi connectivity index (χ3n) is 5.20. The minimum atomic E-state index is -4.28. The van der Waals surface area contributed by atoms with Crippen LogP contribution in [0.2, 0.25) is 0 Å². The molecular weight excluding hydrogens is 397 g/mol. The predicted molar refractivity (Wildman–Crippen MR) is 108 cm³/mol. The number of hydrogen-bond donors (Lipinski definition) is 2. The minimum Gasteiger partial charge on any atom is -0.404 e. The largest absolute Gasteiger partial charge is 0.420 e. The van der Waals surface area contributed by atoms with Gasteiger partial charge in [0.25, 0.3) is 0 Å². The van der Waals surface area contributed by atoms with Crippen molar-refractivity contribution in [1.29, 1.82) is 0 Å². The molecule has 0 saturated carbocycles. The number of halogens is 1. The molecule has 0 fully saturated rings. The third kappa shape index (κ3) is 3.41. The van der Waals surface area contributed by atoms with Gasteiger partial charge in [-0.15, -0.1) is 0 Å². The van der Waals surface area contributed by atoms with Crippen LogP contribution in [0.15, 0.2) is 56.6 Å². The number of primary sulfonamides is 1. The van der Waals surface area contributed by atoms with Gasteiger partial charge >= 0.3 is 5.76 Å². The Morgan fingerprint density at radius 2 is 2.00 bits per heavy atom. The predicted octanol–water partition coefficient (Wildman–Crippen LogP) is 2.37.